The van der Waals surface area contributed by atoms with Crippen LogP contribution in [0.3, 0.4) is 0 Å². The van der Waals surface area contributed by atoms with Crippen LogP contribution in [0.4, 0.5) is 0 Å². The van der Waals surface area contributed by atoms with Crippen LogP contribution in [0.15, 0.2) is 29.5 Å². The van der Waals surface area contributed by atoms with E-state index in [1.807, 2.05) is 32.9 Å². The number of hydrogen-bond donors (Lipinski definition) is 2. The van der Waals surface area contributed by atoms with Gasteiger partial charge in [0.15, 0.2) is 0 Å². The minimum atomic E-state index is -0.502. The third kappa shape index (κ3) is 2.42. The highest BCUT2D eigenvalue weighted by atomic mass is 16.6. The first kappa shape index (κ1) is 17.3. The maximum atomic E-state index is 11.0. The van der Waals surface area contributed by atoms with Crippen molar-refractivity contribution < 1.29 is 24.4 Å². The SMILES string of the molecule is CC1=CC(O)=C(c2c(C)cc(C)cc2O)C2(C)C3OC3COCC3OC3C12. The Labute approximate surface area is 159 Å². The van der Waals surface area contributed by atoms with Gasteiger partial charge in [-0.15, -0.1) is 0 Å². The Hall–Kier alpha value is -1.82. The Morgan fingerprint density at radius 2 is 1.78 bits per heavy atom. The molecule has 27 heavy (non-hydrogen) atoms. The van der Waals surface area contributed by atoms with Gasteiger partial charge >= 0.3 is 0 Å². The lowest BCUT2D eigenvalue weighted by Crippen LogP contribution is -2.42. The fraction of sp³-hybridized carbons (Fsp3) is 0.545. The molecule has 144 valence electrons. The molecule has 0 bridgehead atoms. The van der Waals surface area contributed by atoms with Crippen LogP contribution in [0.1, 0.15) is 30.5 Å². The van der Waals surface area contributed by atoms with Crippen molar-refractivity contribution in [1.29, 1.82) is 0 Å². The lowest BCUT2D eigenvalue weighted by Gasteiger charge is -2.42. The molecule has 3 heterocycles. The smallest absolute Gasteiger partial charge is 0.123 e. The summed E-state index contributed by atoms with van der Waals surface area (Å²) in [5, 5.41) is 21.9. The number of phenols is 1. The van der Waals surface area contributed by atoms with Crippen LogP contribution >= 0.6 is 0 Å². The first-order chi connectivity index (χ1) is 12.8. The molecule has 1 aliphatic carbocycles. The average molecular weight is 370 g/mol. The number of epoxide rings is 2. The number of aliphatic hydroxyl groups excluding tert-OH is 1. The Morgan fingerprint density at radius 3 is 2.52 bits per heavy atom. The summed E-state index contributed by atoms with van der Waals surface area (Å²) in [6, 6.07) is 3.80. The summed E-state index contributed by atoms with van der Waals surface area (Å²) in [7, 11) is 0. The van der Waals surface area contributed by atoms with Crippen LogP contribution in [0.5, 0.6) is 5.75 Å². The summed E-state index contributed by atoms with van der Waals surface area (Å²) in [6.45, 7) is 9.25. The summed E-state index contributed by atoms with van der Waals surface area (Å²) in [4.78, 5) is 0. The van der Waals surface area contributed by atoms with Gasteiger partial charge in [0.1, 0.15) is 23.7 Å². The number of hydrogen-bond acceptors (Lipinski definition) is 5. The molecular weight excluding hydrogens is 344 g/mol. The van der Waals surface area contributed by atoms with Crippen LogP contribution < -0.4 is 0 Å². The molecule has 1 aromatic carbocycles. The second kappa shape index (κ2) is 5.60. The third-order valence-corrected chi connectivity index (χ3v) is 6.69. The van der Waals surface area contributed by atoms with Crippen molar-refractivity contribution in [2.45, 2.75) is 52.1 Å². The number of allylic oxidation sites excluding steroid dienone is 1. The van der Waals surface area contributed by atoms with E-state index in [1.54, 1.807) is 6.07 Å². The molecule has 3 fully saturated rings. The van der Waals surface area contributed by atoms with Crippen LogP contribution in [0, 0.1) is 25.2 Å². The molecule has 0 spiro atoms. The van der Waals surface area contributed by atoms with E-state index in [1.165, 1.54) is 0 Å². The molecule has 0 amide bonds. The van der Waals surface area contributed by atoms with Crippen LogP contribution in [0.2, 0.25) is 0 Å². The molecule has 6 unspecified atom stereocenters. The summed E-state index contributed by atoms with van der Waals surface area (Å²) in [5.74, 6) is 0.480. The fourth-order valence-corrected chi connectivity index (χ4v) is 5.55. The van der Waals surface area contributed by atoms with E-state index in [0.717, 1.165) is 22.3 Å². The number of benzene rings is 1. The highest BCUT2D eigenvalue weighted by Crippen LogP contribution is 2.62. The number of ether oxygens (including phenoxy) is 3. The van der Waals surface area contributed by atoms with E-state index < -0.39 is 5.41 Å². The lowest BCUT2D eigenvalue weighted by atomic mass is 9.59. The highest BCUT2D eigenvalue weighted by molar-refractivity contribution is 5.82. The third-order valence-electron chi connectivity index (χ3n) is 6.69. The van der Waals surface area contributed by atoms with Gasteiger partial charge in [-0.2, -0.15) is 0 Å². The average Bonchev–Trinajstić information content (AvgIpc) is 3.46. The zero-order valence-electron chi connectivity index (χ0n) is 16.2. The van der Waals surface area contributed by atoms with Gasteiger partial charge < -0.3 is 24.4 Å². The Kier molecular flexibility index (Phi) is 3.58. The number of aryl methyl sites for hydroxylation is 2. The molecule has 1 aromatic rings. The molecule has 5 rings (SSSR count). The predicted octanol–water partition coefficient (Wildman–Crippen LogP) is 3.43. The molecular formula is C22H26O5. The van der Waals surface area contributed by atoms with Crippen molar-refractivity contribution >= 4 is 5.57 Å². The Morgan fingerprint density at radius 1 is 1.04 bits per heavy atom. The van der Waals surface area contributed by atoms with Crippen molar-refractivity contribution in [3.8, 4) is 5.75 Å². The van der Waals surface area contributed by atoms with Crippen LogP contribution in [-0.2, 0) is 14.2 Å². The van der Waals surface area contributed by atoms with Gasteiger partial charge in [-0.25, -0.2) is 0 Å². The van der Waals surface area contributed by atoms with Crippen molar-refractivity contribution in [3.05, 3.63) is 46.2 Å². The number of rotatable bonds is 1. The molecule has 3 aliphatic heterocycles. The van der Waals surface area contributed by atoms with E-state index in [4.69, 9.17) is 14.2 Å². The van der Waals surface area contributed by atoms with Gasteiger partial charge in [-0.3, -0.25) is 0 Å². The van der Waals surface area contributed by atoms with E-state index >= 15 is 0 Å². The molecule has 0 aromatic heterocycles. The van der Waals surface area contributed by atoms with Crippen molar-refractivity contribution in [3.63, 3.8) is 0 Å². The van der Waals surface area contributed by atoms with Gasteiger partial charge in [0.05, 0.1) is 25.4 Å². The molecule has 0 radical (unpaired) electrons. The van der Waals surface area contributed by atoms with E-state index in [9.17, 15) is 10.2 Å². The summed E-state index contributed by atoms with van der Waals surface area (Å²) < 4.78 is 17.8. The highest BCUT2D eigenvalue weighted by Gasteiger charge is 2.65. The molecule has 5 nitrogen and oxygen atoms in total. The predicted molar refractivity (Wildman–Crippen MR) is 101 cm³/mol. The van der Waals surface area contributed by atoms with Gasteiger partial charge in [-0.1, -0.05) is 18.6 Å². The van der Waals surface area contributed by atoms with Gasteiger partial charge in [0.2, 0.25) is 0 Å². The number of phenolic OH excluding ortho intramolecular Hbond substituents is 1. The summed E-state index contributed by atoms with van der Waals surface area (Å²) in [5.41, 5.74) is 4.00. The number of fused-ring (bicyclic) bond motifs is 5. The van der Waals surface area contributed by atoms with E-state index in [-0.39, 0.29) is 41.8 Å². The zero-order valence-corrected chi connectivity index (χ0v) is 16.2. The standard InChI is InChI=1S/C22H26O5/c1-10-5-11(2)17(13(23)6-10)19-14(24)7-12(3)18-20-15(26-20)8-25-9-16-21(27-16)22(18,19)4/h5-7,15-16,18,20-21,23-24H,8-9H2,1-4H3. The van der Waals surface area contributed by atoms with Crippen molar-refractivity contribution in [2.24, 2.45) is 11.3 Å². The van der Waals surface area contributed by atoms with Crippen LogP contribution in [-0.4, -0.2) is 47.8 Å². The molecule has 6 atom stereocenters. The normalized spacial score (nSPS) is 40.0. The second-order valence-electron chi connectivity index (χ2n) is 8.66. The molecule has 5 heteroatoms. The monoisotopic (exact) mass is 370 g/mol. The van der Waals surface area contributed by atoms with E-state index in [0.29, 0.717) is 18.8 Å². The van der Waals surface area contributed by atoms with Gasteiger partial charge in [0.25, 0.3) is 0 Å². The minimum absolute atomic E-state index is 0.0107. The second-order valence-corrected chi connectivity index (χ2v) is 8.66. The summed E-state index contributed by atoms with van der Waals surface area (Å²) in [6.07, 6.45) is 1.90. The quantitative estimate of drug-likeness (QED) is 0.741. The summed E-state index contributed by atoms with van der Waals surface area (Å²) >= 11 is 0. The molecule has 3 saturated heterocycles. The zero-order chi connectivity index (χ0) is 19.1. The first-order valence-corrected chi connectivity index (χ1v) is 9.63. The maximum Gasteiger partial charge on any atom is 0.123 e. The first-order valence-electron chi connectivity index (χ1n) is 9.63. The topological polar surface area (TPSA) is 74.8 Å². The molecule has 2 N–H and O–H groups in total. The van der Waals surface area contributed by atoms with Gasteiger partial charge in [-0.05, 0) is 44.0 Å². The maximum absolute atomic E-state index is 11.0. The largest absolute Gasteiger partial charge is 0.508 e. The number of aromatic hydroxyl groups is 1. The Bertz CT molecular complexity index is 862. The number of aliphatic hydroxyl groups is 1. The lowest BCUT2D eigenvalue weighted by molar-refractivity contribution is 0.102. The van der Waals surface area contributed by atoms with Gasteiger partial charge in [0, 0.05) is 22.5 Å². The molecule has 4 aliphatic rings. The fourth-order valence-electron chi connectivity index (χ4n) is 5.55. The Balaban J connectivity index is 1.73. The van der Waals surface area contributed by atoms with Crippen molar-refractivity contribution in [2.75, 3.05) is 13.2 Å². The van der Waals surface area contributed by atoms with E-state index in [2.05, 4.69) is 6.92 Å². The molecule has 0 saturated carbocycles. The van der Waals surface area contributed by atoms with Crippen LogP contribution in [0.25, 0.3) is 5.57 Å². The minimum Gasteiger partial charge on any atom is -0.508 e. The van der Waals surface area contributed by atoms with Crippen molar-refractivity contribution in [1.82, 2.24) is 0 Å².